The minimum Gasteiger partial charge on any atom is -0.460 e. The van der Waals surface area contributed by atoms with E-state index in [0.29, 0.717) is 11.3 Å². The second-order valence-corrected chi connectivity index (χ2v) is 18.2. The number of alkyl carbamates (subject to hydrolysis) is 1. The van der Waals surface area contributed by atoms with Crippen molar-refractivity contribution in [2.24, 2.45) is 33.8 Å². The van der Waals surface area contributed by atoms with Crippen LogP contribution in [0.25, 0.3) is 0 Å². The maximum Gasteiger partial charge on any atom is 0.407 e. The van der Waals surface area contributed by atoms with Crippen LogP contribution < -0.4 is 27.0 Å². The minimum absolute atomic E-state index is 0.0325. The van der Waals surface area contributed by atoms with Crippen LogP contribution in [-0.2, 0) is 51.2 Å². The molecule has 0 bridgehead atoms. The van der Waals surface area contributed by atoms with Gasteiger partial charge in [0.2, 0.25) is 23.6 Å². The van der Waals surface area contributed by atoms with Gasteiger partial charge >= 0.3 is 18.1 Å². The van der Waals surface area contributed by atoms with E-state index in [4.69, 9.17) is 19.9 Å². The highest BCUT2D eigenvalue weighted by molar-refractivity contribution is 6.06. The summed E-state index contributed by atoms with van der Waals surface area (Å²) in [4.78, 5) is 91.8. The van der Waals surface area contributed by atoms with Crippen LogP contribution >= 0.6 is 0 Å². The molecule has 60 heavy (non-hydrogen) atoms. The molecular weight excluding hydrogens is 773 g/mol. The third kappa shape index (κ3) is 15.3. The van der Waals surface area contributed by atoms with Crippen molar-refractivity contribution in [1.29, 1.82) is 0 Å². The number of hydrogen-bond acceptors (Lipinski definition) is 10. The molecule has 1 aliphatic heterocycles. The van der Waals surface area contributed by atoms with Gasteiger partial charge in [-0.05, 0) is 67.7 Å². The molecule has 330 valence electrons. The van der Waals surface area contributed by atoms with Crippen molar-refractivity contribution >= 4 is 47.4 Å². The Kier molecular flexibility index (Phi) is 17.6. The van der Waals surface area contributed by atoms with E-state index in [1.54, 1.807) is 69.3 Å². The van der Waals surface area contributed by atoms with E-state index in [2.05, 4.69) is 21.3 Å². The molecule has 0 radical (unpaired) electrons. The number of rotatable bonds is 19. The third-order valence-electron chi connectivity index (χ3n) is 9.88. The SMILES string of the molecule is CC(C)(C)C(=O)OCc1ccc(NC(=O)[C@H](CCCNC(N)=O)NC(=O)[C@@H](Cc2ccccc2)NC(=O)OCCOCCN2C(=O)C(C(C)(C)C)[C@H](C(C)(C)C)C2=O)cc1. The number of benzene rings is 2. The van der Waals surface area contributed by atoms with Crippen molar-refractivity contribution in [2.75, 3.05) is 38.2 Å². The first-order chi connectivity index (χ1) is 28.0. The lowest BCUT2D eigenvalue weighted by atomic mass is 9.65. The van der Waals surface area contributed by atoms with E-state index in [1.807, 2.05) is 47.6 Å². The number of ether oxygens (including phenoxy) is 3. The Labute approximate surface area is 353 Å². The van der Waals surface area contributed by atoms with Crippen LogP contribution in [0, 0.1) is 28.1 Å². The fourth-order valence-electron chi connectivity index (χ4n) is 6.72. The number of carbonyl (C=O) groups is 7. The Morgan fingerprint density at radius 2 is 1.32 bits per heavy atom. The number of carbonyl (C=O) groups excluding carboxylic acids is 7. The van der Waals surface area contributed by atoms with Crippen LogP contribution in [0.3, 0.4) is 0 Å². The van der Waals surface area contributed by atoms with E-state index < -0.39 is 64.1 Å². The van der Waals surface area contributed by atoms with Gasteiger partial charge in [0.1, 0.15) is 25.3 Å². The van der Waals surface area contributed by atoms with Gasteiger partial charge in [-0.2, -0.15) is 0 Å². The lowest BCUT2D eigenvalue weighted by Gasteiger charge is -2.35. The number of nitrogens with one attached hydrogen (secondary N) is 4. The zero-order chi connectivity index (χ0) is 44.8. The van der Waals surface area contributed by atoms with Gasteiger partial charge in [-0.1, -0.05) is 84.0 Å². The molecule has 16 heteroatoms. The Morgan fingerprint density at radius 3 is 1.87 bits per heavy atom. The summed E-state index contributed by atoms with van der Waals surface area (Å²) in [7, 11) is 0. The first-order valence-electron chi connectivity index (χ1n) is 20.3. The second-order valence-electron chi connectivity index (χ2n) is 18.2. The zero-order valence-corrected chi connectivity index (χ0v) is 36.5. The average Bonchev–Trinajstić information content (AvgIpc) is 3.42. The van der Waals surface area contributed by atoms with E-state index in [-0.39, 0.29) is 76.6 Å². The lowest BCUT2D eigenvalue weighted by molar-refractivity contribution is -0.154. The van der Waals surface area contributed by atoms with E-state index in [9.17, 15) is 33.6 Å². The maximum absolute atomic E-state index is 13.8. The second kappa shape index (κ2) is 21.7. The highest BCUT2D eigenvalue weighted by atomic mass is 16.6. The summed E-state index contributed by atoms with van der Waals surface area (Å²) in [6.07, 6.45) is -0.436. The predicted molar refractivity (Wildman–Crippen MR) is 225 cm³/mol. The molecule has 7 amide bonds. The number of amides is 7. The number of primary amides is 1. The van der Waals surface area contributed by atoms with Crippen molar-refractivity contribution in [3.8, 4) is 0 Å². The summed E-state index contributed by atoms with van der Waals surface area (Å²) >= 11 is 0. The summed E-state index contributed by atoms with van der Waals surface area (Å²) in [5, 5.41) is 10.6. The van der Waals surface area contributed by atoms with E-state index >= 15 is 0 Å². The molecule has 1 unspecified atom stereocenters. The summed E-state index contributed by atoms with van der Waals surface area (Å²) in [5.41, 5.74) is 5.59. The topological polar surface area (TPSA) is 225 Å². The number of anilines is 1. The van der Waals surface area contributed by atoms with Gasteiger partial charge in [-0.3, -0.25) is 28.9 Å². The van der Waals surface area contributed by atoms with Crippen LogP contribution in [-0.4, -0.2) is 91.6 Å². The molecule has 1 saturated heterocycles. The Hall–Kier alpha value is -5.51. The largest absolute Gasteiger partial charge is 0.460 e. The first-order valence-corrected chi connectivity index (χ1v) is 20.3. The Balaban J connectivity index is 1.62. The molecule has 0 spiro atoms. The number of esters is 1. The molecule has 0 saturated carbocycles. The monoisotopic (exact) mass is 836 g/mol. The molecule has 0 aromatic heterocycles. The summed E-state index contributed by atoms with van der Waals surface area (Å²) in [6.45, 7) is 17.1. The van der Waals surface area contributed by atoms with Gasteiger partial charge in [0.05, 0.1) is 37.0 Å². The molecule has 4 atom stereocenters. The lowest BCUT2D eigenvalue weighted by Crippen LogP contribution is -2.53. The van der Waals surface area contributed by atoms with Gasteiger partial charge in [0.15, 0.2) is 0 Å². The summed E-state index contributed by atoms with van der Waals surface area (Å²) in [5.74, 6) is -2.92. The number of nitrogens with two attached hydrogens (primary N) is 1. The van der Waals surface area contributed by atoms with Gasteiger partial charge in [-0.15, -0.1) is 0 Å². The van der Waals surface area contributed by atoms with Crippen LogP contribution in [0.4, 0.5) is 15.3 Å². The maximum atomic E-state index is 13.8. The minimum atomic E-state index is -1.16. The quantitative estimate of drug-likeness (QED) is 0.0746. The molecule has 2 aromatic rings. The van der Waals surface area contributed by atoms with Gasteiger partial charge < -0.3 is 41.2 Å². The van der Waals surface area contributed by atoms with Gasteiger partial charge in [0.25, 0.3) is 0 Å². The standard InChI is InChI=1S/C44H64N6O10/c1-42(2,3)33-34(43(4,5)6)38(54)50(37(33)53)22-23-58-24-25-59-41(57)49-32(26-28-14-11-10-12-15-28)36(52)48-31(16-13-21-46-40(45)56)35(51)47-30-19-17-29(18-20-30)27-60-39(55)44(7,8)9/h10-12,14-15,17-20,31-34H,13,16,21-27H2,1-9H3,(H,47,51)(H,48,52)(H,49,57)(H3,45,46,56)/t31-,32+,33-,34?/m0/s1. The molecule has 6 N–H and O–H groups in total. The van der Waals surface area contributed by atoms with Crippen molar-refractivity contribution in [3.63, 3.8) is 0 Å². The van der Waals surface area contributed by atoms with Gasteiger partial charge in [0, 0.05) is 18.7 Å². The Bertz CT molecular complexity index is 1770. The van der Waals surface area contributed by atoms with E-state index in [0.717, 1.165) is 5.56 Å². The zero-order valence-electron chi connectivity index (χ0n) is 36.5. The smallest absolute Gasteiger partial charge is 0.407 e. The number of imide groups is 1. The van der Waals surface area contributed by atoms with Crippen molar-refractivity contribution in [3.05, 3.63) is 65.7 Å². The Morgan fingerprint density at radius 1 is 0.717 bits per heavy atom. The molecule has 16 nitrogen and oxygen atoms in total. The molecule has 0 aliphatic carbocycles. The third-order valence-corrected chi connectivity index (χ3v) is 9.88. The fraction of sp³-hybridized carbons (Fsp3) is 0.568. The van der Waals surface area contributed by atoms with Crippen LogP contribution in [0.15, 0.2) is 54.6 Å². The fourth-order valence-corrected chi connectivity index (χ4v) is 6.72. The molecular formula is C44H64N6O10. The van der Waals surface area contributed by atoms with Gasteiger partial charge in [-0.25, -0.2) is 9.59 Å². The van der Waals surface area contributed by atoms with Crippen LogP contribution in [0.1, 0.15) is 86.3 Å². The van der Waals surface area contributed by atoms with Crippen molar-refractivity contribution in [1.82, 2.24) is 20.9 Å². The number of hydrogen-bond donors (Lipinski definition) is 5. The van der Waals surface area contributed by atoms with Crippen molar-refractivity contribution < 1.29 is 47.8 Å². The number of urea groups is 1. The molecule has 3 rings (SSSR count). The first kappa shape index (κ1) is 48.9. The number of likely N-dealkylation sites (tertiary alicyclic amines) is 1. The molecule has 1 heterocycles. The average molecular weight is 837 g/mol. The summed E-state index contributed by atoms with van der Waals surface area (Å²) in [6, 6.07) is 12.7. The van der Waals surface area contributed by atoms with Crippen molar-refractivity contribution in [2.45, 2.75) is 100 Å². The molecule has 1 aliphatic rings. The van der Waals surface area contributed by atoms with Crippen LogP contribution in [0.5, 0.6) is 0 Å². The van der Waals surface area contributed by atoms with Crippen LogP contribution in [0.2, 0.25) is 0 Å². The molecule has 2 aromatic carbocycles. The highest BCUT2D eigenvalue weighted by Crippen LogP contribution is 2.47. The summed E-state index contributed by atoms with van der Waals surface area (Å²) < 4.78 is 16.3. The number of nitrogens with zero attached hydrogens (tertiary/aromatic N) is 1. The molecule has 1 fully saturated rings. The normalized spacial score (nSPS) is 16.7. The van der Waals surface area contributed by atoms with E-state index in [1.165, 1.54) is 4.90 Å². The highest BCUT2D eigenvalue weighted by Gasteiger charge is 2.56. The predicted octanol–water partition coefficient (Wildman–Crippen LogP) is 4.70.